The number of anilines is 1. The monoisotopic (exact) mass is 802 g/mol. The number of alkyl halides is 3. The molecular formula is C37H41F3N6O9S. The summed E-state index contributed by atoms with van der Waals surface area (Å²) in [7, 11) is 0.183. The van der Waals surface area contributed by atoms with Gasteiger partial charge in [-0.1, -0.05) is 0 Å². The van der Waals surface area contributed by atoms with Crippen molar-refractivity contribution < 1.29 is 55.3 Å². The van der Waals surface area contributed by atoms with E-state index in [-0.39, 0.29) is 50.9 Å². The number of carbonyl (C=O) groups excluding carboxylic acids is 2. The number of piperidine rings is 2. The molecule has 1 atom stereocenters. The van der Waals surface area contributed by atoms with Crippen LogP contribution in [0.3, 0.4) is 0 Å². The molecule has 15 nitrogen and oxygen atoms in total. The van der Waals surface area contributed by atoms with Crippen molar-refractivity contribution in [1.82, 2.24) is 20.1 Å². The van der Waals surface area contributed by atoms with Crippen molar-refractivity contribution >= 4 is 33.6 Å². The summed E-state index contributed by atoms with van der Waals surface area (Å²) in [5.41, 5.74) is -1.61. The molecule has 56 heavy (non-hydrogen) atoms. The molecule has 6 rings (SSSR count). The molecule has 3 amide bonds. The molecule has 3 aromatic rings. The Kier molecular flexibility index (Phi) is 12.0. The molecular weight excluding hydrogens is 762 g/mol. The van der Waals surface area contributed by atoms with Crippen LogP contribution in [0.5, 0.6) is 17.4 Å². The van der Waals surface area contributed by atoms with Gasteiger partial charge in [0.1, 0.15) is 16.4 Å². The van der Waals surface area contributed by atoms with Crippen molar-refractivity contribution in [2.75, 3.05) is 58.4 Å². The van der Waals surface area contributed by atoms with Crippen LogP contribution in [-0.2, 0) is 25.2 Å². The SMILES string of the molecule is CCOc1ncccc1C1(NC(=O)N2CCC3(CCN(C)CC3)CC2)C(=O)N(S(=O)(=O)c2ccc(OC)cc2OC)c2ccc(C#N)cc21.O=C(O)C(F)(F)F. The largest absolute Gasteiger partial charge is 0.497 e. The number of nitriles is 1. The topological polar surface area (TPSA) is 192 Å². The quantitative estimate of drug-likeness (QED) is 0.325. The van der Waals surface area contributed by atoms with Gasteiger partial charge in [-0.2, -0.15) is 22.7 Å². The van der Waals surface area contributed by atoms with Gasteiger partial charge in [0, 0.05) is 30.9 Å². The summed E-state index contributed by atoms with van der Waals surface area (Å²) in [6.45, 7) is 4.89. The fourth-order valence-corrected chi connectivity index (χ4v) is 8.78. The van der Waals surface area contributed by atoms with Gasteiger partial charge in [-0.25, -0.2) is 23.0 Å². The lowest BCUT2D eigenvalue weighted by Gasteiger charge is -2.46. The highest BCUT2D eigenvalue weighted by Gasteiger charge is 2.59. The van der Waals surface area contributed by atoms with Crippen molar-refractivity contribution in [1.29, 1.82) is 5.26 Å². The average molecular weight is 803 g/mol. The number of likely N-dealkylation sites (tertiary alicyclic amines) is 2. The van der Waals surface area contributed by atoms with Crippen LogP contribution >= 0.6 is 0 Å². The lowest BCUT2D eigenvalue weighted by molar-refractivity contribution is -0.192. The maximum Gasteiger partial charge on any atom is 0.490 e. The molecule has 0 aliphatic carbocycles. The molecule has 0 bridgehead atoms. The van der Waals surface area contributed by atoms with E-state index < -0.39 is 39.6 Å². The van der Waals surface area contributed by atoms with Crippen molar-refractivity contribution in [3.63, 3.8) is 0 Å². The predicted octanol–water partition coefficient (Wildman–Crippen LogP) is 4.50. The number of rotatable bonds is 8. The summed E-state index contributed by atoms with van der Waals surface area (Å²) >= 11 is 0. The van der Waals surface area contributed by atoms with E-state index in [1.807, 2.05) is 0 Å². The van der Waals surface area contributed by atoms with Gasteiger partial charge in [-0.15, -0.1) is 0 Å². The number of nitrogens with one attached hydrogen (secondary N) is 1. The average Bonchev–Trinajstić information content (AvgIpc) is 3.43. The normalized spacial score (nSPS) is 19.3. The van der Waals surface area contributed by atoms with Crippen LogP contribution in [0.15, 0.2) is 59.6 Å². The first kappa shape index (κ1) is 41.6. The standard InChI is InChI=1S/C35H40N6O7S.C2HF3O2/c1-5-48-31-26(7-6-16-37-31)35(38-33(43)40-19-14-34(15-20-40)12-17-39(2)18-13-34)27-21-24(23-36)8-10-28(27)41(32(35)42)49(44,45)30-11-9-25(46-3)22-29(30)47-4;3-2(4,5)1(6)7/h6-11,16,21-22H,5,12-15,17-20H2,1-4H3,(H,38,43);(H,6,7). The van der Waals surface area contributed by atoms with Crippen molar-refractivity contribution in [2.24, 2.45) is 5.41 Å². The molecule has 0 radical (unpaired) electrons. The lowest BCUT2D eigenvalue weighted by atomic mass is 9.71. The number of amides is 3. The molecule has 2 N–H and O–H groups in total. The van der Waals surface area contributed by atoms with Crippen molar-refractivity contribution in [3.05, 3.63) is 71.4 Å². The Balaban J connectivity index is 0.000000784. The number of fused-ring (bicyclic) bond motifs is 1. The van der Waals surface area contributed by atoms with Crippen LogP contribution in [0.2, 0.25) is 0 Å². The van der Waals surface area contributed by atoms with Gasteiger partial charge >= 0.3 is 18.2 Å². The van der Waals surface area contributed by atoms with Crippen LogP contribution in [0.4, 0.5) is 23.7 Å². The molecule has 3 aliphatic heterocycles. The Hall–Kier alpha value is -5.61. The van der Waals surface area contributed by atoms with Crippen molar-refractivity contribution in [3.8, 4) is 23.4 Å². The highest BCUT2D eigenvalue weighted by Crippen LogP contribution is 2.50. The predicted molar refractivity (Wildman–Crippen MR) is 194 cm³/mol. The number of hydrogen-bond donors (Lipinski definition) is 2. The number of halogens is 3. The molecule has 3 aliphatic rings. The summed E-state index contributed by atoms with van der Waals surface area (Å²) in [4.78, 5) is 46.5. The van der Waals surface area contributed by atoms with E-state index >= 15 is 4.79 Å². The lowest BCUT2D eigenvalue weighted by Crippen LogP contribution is -2.59. The number of carboxylic acid groups (broad SMARTS) is 1. The zero-order valence-corrected chi connectivity index (χ0v) is 31.9. The molecule has 1 unspecified atom stereocenters. The number of aromatic nitrogens is 1. The van der Waals surface area contributed by atoms with E-state index in [0.29, 0.717) is 23.1 Å². The Morgan fingerprint density at radius 3 is 2.21 bits per heavy atom. The second-order valence-electron chi connectivity index (χ2n) is 13.5. The highest BCUT2D eigenvalue weighted by atomic mass is 32.2. The molecule has 2 aromatic carbocycles. The first-order chi connectivity index (χ1) is 26.5. The van der Waals surface area contributed by atoms with Crippen molar-refractivity contribution in [2.45, 2.75) is 49.2 Å². The van der Waals surface area contributed by atoms with Crippen LogP contribution in [0.25, 0.3) is 0 Å². The fourth-order valence-electron chi connectivity index (χ4n) is 7.18. The number of pyridine rings is 1. The first-order valence-electron chi connectivity index (χ1n) is 17.5. The highest BCUT2D eigenvalue weighted by molar-refractivity contribution is 7.93. The van der Waals surface area contributed by atoms with Gasteiger partial charge < -0.3 is 34.4 Å². The zero-order valence-electron chi connectivity index (χ0n) is 31.1. The number of ether oxygens (including phenoxy) is 3. The number of aliphatic carboxylic acids is 1. The van der Waals surface area contributed by atoms with E-state index in [0.717, 1.165) is 38.8 Å². The maximum absolute atomic E-state index is 15.2. The van der Waals surface area contributed by atoms with E-state index in [9.17, 15) is 31.6 Å². The number of urea groups is 1. The smallest absolute Gasteiger partial charge is 0.490 e. The van der Waals surface area contributed by atoms with Gasteiger partial charge in [0.15, 0.2) is 5.54 Å². The van der Waals surface area contributed by atoms with Gasteiger partial charge in [-0.05, 0) is 101 Å². The van der Waals surface area contributed by atoms with Crippen LogP contribution < -0.4 is 23.8 Å². The Morgan fingerprint density at radius 1 is 1.00 bits per heavy atom. The van der Waals surface area contributed by atoms with E-state index in [2.05, 4.69) is 28.3 Å². The number of benzene rings is 2. The molecule has 1 aromatic heterocycles. The second-order valence-corrected chi connectivity index (χ2v) is 15.3. The van der Waals surface area contributed by atoms with Crippen LogP contribution in [-0.4, -0.2) is 106 Å². The summed E-state index contributed by atoms with van der Waals surface area (Å²) < 4.78 is 78.2. The second kappa shape index (κ2) is 16.2. The van der Waals surface area contributed by atoms with Crippen LogP contribution in [0, 0.1) is 16.7 Å². The molecule has 2 fully saturated rings. The maximum atomic E-state index is 15.2. The fraction of sp³-hybridized carbons (Fsp3) is 0.432. The number of sulfonamides is 1. The third-order valence-corrected chi connectivity index (χ3v) is 12.0. The minimum Gasteiger partial charge on any atom is -0.497 e. The van der Waals surface area contributed by atoms with Crippen LogP contribution in [0.1, 0.15) is 49.3 Å². The van der Waals surface area contributed by atoms with Gasteiger partial charge in [-0.3, -0.25) is 4.79 Å². The molecule has 300 valence electrons. The molecule has 2 saturated heterocycles. The van der Waals surface area contributed by atoms with Gasteiger partial charge in [0.2, 0.25) is 5.88 Å². The Bertz CT molecular complexity index is 2130. The summed E-state index contributed by atoms with van der Waals surface area (Å²) in [6.07, 6.45) is 0.151. The third kappa shape index (κ3) is 7.89. The number of carbonyl (C=O) groups is 3. The van der Waals surface area contributed by atoms with E-state index in [4.69, 9.17) is 24.1 Å². The number of carboxylic acids is 1. The molecule has 19 heteroatoms. The minimum absolute atomic E-state index is 0.0302. The molecule has 0 saturated carbocycles. The summed E-state index contributed by atoms with van der Waals surface area (Å²) in [5.74, 6) is -3.40. The number of hydrogen-bond acceptors (Lipinski definition) is 11. The zero-order chi connectivity index (χ0) is 41.1. The minimum atomic E-state index is -5.08. The Labute approximate surface area is 321 Å². The third-order valence-electron chi connectivity index (χ3n) is 10.3. The van der Waals surface area contributed by atoms with Gasteiger partial charge in [0.05, 0.1) is 43.7 Å². The molecule has 4 heterocycles. The molecule has 1 spiro atoms. The van der Waals surface area contributed by atoms with E-state index in [1.54, 1.807) is 24.0 Å². The number of methoxy groups -OCH3 is 2. The first-order valence-corrected chi connectivity index (χ1v) is 18.9. The van der Waals surface area contributed by atoms with Gasteiger partial charge in [0.25, 0.3) is 15.9 Å². The van der Waals surface area contributed by atoms with E-state index in [1.165, 1.54) is 56.8 Å². The number of nitrogens with zero attached hydrogens (tertiary/aromatic N) is 5. The Morgan fingerprint density at radius 2 is 1.64 bits per heavy atom. The summed E-state index contributed by atoms with van der Waals surface area (Å²) in [6, 6.07) is 13.1. The summed E-state index contributed by atoms with van der Waals surface area (Å²) in [5, 5.41) is 20.0.